The lowest BCUT2D eigenvalue weighted by Crippen LogP contribution is -1.99. The maximum Gasteiger partial charge on any atom is 0.145 e. The molecule has 4 nitrogen and oxygen atoms in total. The Morgan fingerprint density at radius 3 is 1.96 bits per heavy atom. The molecule has 0 saturated heterocycles. The SMILES string of the molecule is C=C/C=C\c1ccc2c3c4c(cc5c6ccccc6n(c2c1C)c53)c1ccccc1n4-c1cccc(-n2c3ccccc3c3cccnc32)c1. The van der Waals surface area contributed by atoms with Gasteiger partial charge in [0.1, 0.15) is 5.65 Å². The molecule has 11 aromatic rings. The predicted octanol–water partition coefficient (Wildman–Crippen LogP) is 11.9. The highest BCUT2D eigenvalue weighted by atomic mass is 15.1. The van der Waals surface area contributed by atoms with E-state index in [9.17, 15) is 0 Å². The van der Waals surface area contributed by atoms with E-state index in [0.29, 0.717) is 0 Å². The summed E-state index contributed by atoms with van der Waals surface area (Å²) in [5, 5.41) is 9.98. The molecule has 0 N–H and O–H groups in total. The maximum atomic E-state index is 4.88. The number of para-hydroxylation sites is 3. The van der Waals surface area contributed by atoms with Crippen molar-refractivity contribution >= 4 is 87.9 Å². The molecule has 6 aromatic carbocycles. The quantitative estimate of drug-likeness (QED) is 0.176. The van der Waals surface area contributed by atoms with Crippen LogP contribution in [0.3, 0.4) is 0 Å². The van der Waals surface area contributed by atoms with Gasteiger partial charge in [0.05, 0.1) is 33.1 Å². The molecular weight excluding hydrogens is 609 g/mol. The van der Waals surface area contributed by atoms with Crippen molar-refractivity contribution in [3.05, 3.63) is 163 Å². The highest BCUT2D eigenvalue weighted by Gasteiger charge is 2.25. The van der Waals surface area contributed by atoms with Crippen molar-refractivity contribution in [2.75, 3.05) is 0 Å². The molecule has 11 rings (SSSR count). The minimum atomic E-state index is 0.962. The normalized spacial score (nSPS) is 12.5. The number of rotatable bonds is 4. The second-order valence-electron chi connectivity index (χ2n) is 13.3. The lowest BCUT2D eigenvalue weighted by Gasteiger charge is -2.13. The first kappa shape index (κ1) is 27.3. The van der Waals surface area contributed by atoms with Crippen molar-refractivity contribution in [3.63, 3.8) is 0 Å². The Bertz CT molecular complexity index is 3180. The Morgan fingerprint density at radius 1 is 0.540 bits per heavy atom. The van der Waals surface area contributed by atoms with E-state index in [-0.39, 0.29) is 0 Å². The van der Waals surface area contributed by atoms with Crippen LogP contribution in [0.1, 0.15) is 11.1 Å². The summed E-state index contributed by atoms with van der Waals surface area (Å²) in [6.45, 7) is 6.17. The monoisotopic (exact) mass is 638 g/mol. The zero-order valence-electron chi connectivity index (χ0n) is 27.4. The van der Waals surface area contributed by atoms with E-state index in [1.165, 1.54) is 76.4 Å². The van der Waals surface area contributed by atoms with E-state index >= 15 is 0 Å². The van der Waals surface area contributed by atoms with Crippen LogP contribution in [0.2, 0.25) is 0 Å². The van der Waals surface area contributed by atoms with Gasteiger partial charge in [0.15, 0.2) is 0 Å². The van der Waals surface area contributed by atoms with E-state index in [1.807, 2.05) is 24.4 Å². The van der Waals surface area contributed by atoms with E-state index in [4.69, 9.17) is 4.98 Å². The van der Waals surface area contributed by atoms with Gasteiger partial charge in [-0.2, -0.15) is 0 Å². The van der Waals surface area contributed by atoms with Crippen molar-refractivity contribution in [3.8, 4) is 11.4 Å². The van der Waals surface area contributed by atoms with Gasteiger partial charge < -0.3 is 8.97 Å². The smallest absolute Gasteiger partial charge is 0.145 e. The molecule has 5 aromatic heterocycles. The number of pyridine rings is 1. The molecule has 0 atom stereocenters. The molecule has 0 fully saturated rings. The van der Waals surface area contributed by atoms with Gasteiger partial charge in [0.25, 0.3) is 0 Å². The van der Waals surface area contributed by atoms with E-state index < -0.39 is 0 Å². The van der Waals surface area contributed by atoms with Gasteiger partial charge in [-0.3, -0.25) is 4.57 Å². The fourth-order valence-corrected chi connectivity index (χ4v) is 8.71. The third kappa shape index (κ3) is 3.42. The van der Waals surface area contributed by atoms with Crippen LogP contribution < -0.4 is 0 Å². The number of hydrogen-bond acceptors (Lipinski definition) is 1. The molecule has 0 aliphatic carbocycles. The fourth-order valence-electron chi connectivity index (χ4n) is 8.71. The minimum absolute atomic E-state index is 0.962. The zero-order chi connectivity index (χ0) is 33.1. The van der Waals surface area contributed by atoms with Crippen molar-refractivity contribution in [2.24, 2.45) is 0 Å². The number of fused-ring (bicyclic) bond motifs is 13. The lowest BCUT2D eigenvalue weighted by molar-refractivity contribution is 1.11. The molecule has 0 bridgehead atoms. The molecule has 0 spiro atoms. The van der Waals surface area contributed by atoms with Crippen LogP contribution in [0, 0.1) is 6.92 Å². The van der Waals surface area contributed by atoms with Crippen molar-refractivity contribution < 1.29 is 0 Å². The van der Waals surface area contributed by atoms with E-state index in [2.05, 4.69) is 154 Å². The molecule has 5 heterocycles. The Kier molecular flexibility index (Phi) is 5.43. The molecule has 234 valence electrons. The highest BCUT2D eigenvalue weighted by molar-refractivity contribution is 6.34. The van der Waals surface area contributed by atoms with Crippen LogP contribution in [0.25, 0.3) is 99.3 Å². The summed E-state index contributed by atoms with van der Waals surface area (Å²) in [5.41, 5.74) is 13.0. The average Bonchev–Trinajstić information content (AvgIpc) is 3.88. The summed E-state index contributed by atoms with van der Waals surface area (Å²) in [7, 11) is 0. The number of allylic oxidation sites excluding steroid dienone is 2. The third-order valence-corrected chi connectivity index (χ3v) is 10.7. The summed E-state index contributed by atoms with van der Waals surface area (Å²) in [6, 6.07) is 46.5. The van der Waals surface area contributed by atoms with Crippen LogP contribution in [-0.2, 0) is 0 Å². The molecule has 0 radical (unpaired) electrons. The first-order valence-electron chi connectivity index (χ1n) is 17.1. The Balaban J connectivity index is 1.31. The van der Waals surface area contributed by atoms with Crippen LogP contribution >= 0.6 is 0 Å². The van der Waals surface area contributed by atoms with Crippen molar-refractivity contribution in [1.82, 2.24) is 18.5 Å². The van der Waals surface area contributed by atoms with E-state index in [1.54, 1.807) is 0 Å². The molecule has 4 heteroatoms. The third-order valence-electron chi connectivity index (χ3n) is 10.7. The zero-order valence-corrected chi connectivity index (χ0v) is 27.4. The molecule has 0 aliphatic heterocycles. The van der Waals surface area contributed by atoms with Gasteiger partial charge in [-0.1, -0.05) is 97.6 Å². The summed E-state index contributed by atoms with van der Waals surface area (Å²) >= 11 is 0. The Hall–Kier alpha value is -6.65. The topological polar surface area (TPSA) is 27.2 Å². The first-order chi connectivity index (χ1) is 24.7. The van der Waals surface area contributed by atoms with Gasteiger partial charge >= 0.3 is 0 Å². The van der Waals surface area contributed by atoms with Crippen molar-refractivity contribution in [2.45, 2.75) is 6.92 Å². The number of benzene rings is 6. The second-order valence-corrected chi connectivity index (χ2v) is 13.3. The van der Waals surface area contributed by atoms with Crippen molar-refractivity contribution in [1.29, 1.82) is 0 Å². The number of aryl methyl sites for hydroxylation is 1. The van der Waals surface area contributed by atoms with Crippen LogP contribution in [0.15, 0.2) is 152 Å². The molecule has 0 saturated carbocycles. The molecule has 50 heavy (non-hydrogen) atoms. The second kappa shape index (κ2) is 9.94. The van der Waals surface area contributed by atoms with Crippen LogP contribution in [0.4, 0.5) is 0 Å². The molecule has 0 unspecified atom stereocenters. The maximum absolute atomic E-state index is 4.88. The Morgan fingerprint density at radius 2 is 1.18 bits per heavy atom. The predicted molar refractivity (Wildman–Crippen MR) is 212 cm³/mol. The fraction of sp³-hybridized carbons (Fsp3) is 0.0217. The summed E-state index contributed by atoms with van der Waals surface area (Å²) in [6.07, 6.45) is 7.92. The highest BCUT2D eigenvalue weighted by Crippen LogP contribution is 2.47. The number of hydrogen-bond donors (Lipinski definition) is 0. The largest absolute Gasteiger partial charge is 0.308 e. The number of nitrogens with zero attached hydrogens (tertiary/aromatic N) is 4. The van der Waals surface area contributed by atoms with Gasteiger partial charge in [0, 0.05) is 60.7 Å². The number of aromatic nitrogens is 4. The standard InChI is InChI=1S/C46H30N4/c1-3-4-13-29-23-24-36-42-44-37(27-38-34-18-7-10-22-41(34)50(45(38)42)43(36)28(29)2)33-17-6-8-20-39(33)48(44)30-14-11-15-31(26-30)49-40-21-9-5-16-32(40)35-19-12-25-47-46(35)49/h3-27H,1H2,2H3/b13-4-. The van der Waals surface area contributed by atoms with Gasteiger partial charge in [-0.15, -0.1) is 0 Å². The van der Waals surface area contributed by atoms with Gasteiger partial charge in [-0.25, -0.2) is 4.98 Å². The molecule has 0 amide bonds. The summed E-state index contributed by atoms with van der Waals surface area (Å²) in [4.78, 5) is 4.88. The van der Waals surface area contributed by atoms with Crippen LogP contribution in [0.5, 0.6) is 0 Å². The summed E-state index contributed by atoms with van der Waals surface area (Å²) in [5.74, 6) is 0. The minimum Gasteiger partial charge on any atom is -0.308 e. The summed E-state index contributed by atoms with van der Waals surface area (Å²) < 4.78 is 7.30. The van der Waals surface area contributed by atoms with Crippen LogP contribution in [-0.4, -0.2) is 18.5 Å². The Labute approximate surface area is 287 Å². The molecular formula is C46H30N4. The van der Waals surface area contributed by atoms with Gasteiger partial charge in [0.2, 0.25) is 0 Å². The first-order valence-corrected chi connectivity index (χ1v) is 17.1. The average molecular weight is 639 g/mol. The van der Waals surface area contributed by atoms with Gasteiger partial charge in [-0.05, 0) is 72.6 Å². The molecule has 0 aliphatic rings. The van der Waals surface area contributed by atoms with E-state index in [0.717, 1.165) is 27.9 Å². The lowest BCUT2D eigenvalue weighted by atomic mass is 10.00.